The van der Waals surface area contributed by atoms with E-state index in [1.54, 1.807) is 14.2 Å². The fourth-order valence-corrected chi connectivity index (χ4v) is 3.74. The maximum atomic E-state index is 13.0. The molecule has 0 N–H and O–H groups in total. The molecule has 1 aliphatic rings. The highest BCUT2D eigenvalue weighted by Crippen LogP contribution is 2.44. The Morgan fingerprint density at radius 3 is 2.31 bits per heavy atom. The Bertz CT molecular complexity index is 792. The molecule has 1 amide bonds. The van der Waals surface area contributed by atoms with Crippen LogP contribution in [0.4, 0.5) is 5.69 Å². The molecule has 0 aromatic heterocycles. The molecule has 1 fully saturated rings. The van der Waals surface area contributed by atoms with Gasteiger partial charge in [0.05, 0.1) is 13.2 Å². The van der Waals surface area contributed by atoms with Crippen molar-refractivity contribution in [2.45, 2.75) is 31.9 Å². The van der Waals surface area contributed by atoms with E-state index in [1.165, 1.54) is 0 Å². The molecular formula is C22H25NO3. The van der Waals surface area contributed by atoms with Crippen LogP contribution in [0.15, 0.2) is 60.2 Å². The lowest BCUT2D eigenvalue weighted by Crippen LogP contribution is -2.75. The van der Waals surface area contributed by atoms with Gasteiger partial charge in [0.2, 0.25) is 0 Å². The third kappa shape index (κ3) is 2.90. The van der Waals surface area contributed by atoms with Crippen LogP contribution in [0.1, 0.15) is 25.8 Å². The Kier molecular flexibility index (Phi) is 5.14. The SMILES string of the molecule is CC[C@@]1(OC)C(=O)N(c2ccc(OC)cc2)C1/C(C)=C/c1ccccc1. The Morgan fingerprint density at radius 1 is 1.12 bits per heavy atom. The maximum absolute atomic E-state index is 13.0. The number of anilines is 1. The first-order valence-electron chi connectivity index (χ1n) is 8.83. The van der Waals surface area contributed by atoms with E-state index in [2.05, 4.69) is 25.1 Å². The zero-order valence-corrected chi connectivity index (χ0v) is 15.7. The van der Waals surface area contributed by atoms with Crippen molar-refractivity contribution in [2.24, 2.45) is 0 Å². The number of methoxy groups -OCH3 is 2. The standard InChI is InChI=1S/C22H25NO3/c1-5-22(26-4)20(16(2)15-17-9-7-6-8-10-17)23(21(22)24)18-11-13-19(25-3)14-12-18/h6-15,20H,5H2,1-4H3/b16-15+/t20?,22-/m0/s1. The Balaban J connectivity index is 2.00. The van der Waals surface area contributed by atoms with Crippen LogP contribution >= 0.6 is 0 Å². The molecule has 1 aliphatic heterocycles. The summed E-state index contributed by atoms with van der Waals surface area (Å²) in [6.45, 7) is 4.06. The molecule has 1 heterocycles. The van der Waals surface area contributed by atoms with Gasteiger partial charge in [0.1, 0.15) is 5.75 Å². The van der Waals surface area contributed by atoms with E-state index in [1.807, 2.05) is 54.3 Å². The predicted molar refractivity (Wildman–Crippen MR) is 104 cm³/mol. The smallest absolute Gasteiger partial charge is 0.262 e. The van der Waals surface area contributed by atoms with Crippen molar-refractivity contribution in [1.82, 2.24) is 0 Å². The molecule has 0 bridgehead atoms. The van der Waals surface area contributed by atoms with E-state index in [-0.39, 0.29) is 11.9 Å². The molecule has 136 valence electrons. The number of benzene rings is 2. The summed E-state index contributed by atoms with van der Waals surface area (Å²) in [7, 11) is 3.25. The Hall–Kier alpha value is -2.59. The second kappa shape index (κ2) is 7.34. The second-order valence-corrected chi connectivity index (χ2v) is 6.52. The van der Waals surface area contributed by atoms with Crippen molar-refractivity contribution in [3.05, 3.63) is 65.7 Å². The first kappa shape index (κ1) is 18.2. The zero-order chi connectivity index (χ0) is 18.7. The number of rotatable bonds is 6. The van der Waals surface area contributed by atoms with Crippen molar-refractivity contribution >= 4 is 17.7 Å². The number of nitrogens with zero attached hydrogens (tertiary/aromatic N) is 1. The quantitative estimate of drug-likeness (QED) is 0.728. The lowest BCUT2D eigenvalue weighted by Gasteiger charge is -2.55. The molecule has 1 unspecified atom stereocenters. The number of amides is 1. The molecular weight excluding hydrogens is 326 g/mol. The van der Waals surface area contributed by atoms with Crippen molar-refractivity contribution in [3.8, 4) is 5.75 Å². The molecule has 0 saturated carbocycles. The normalized spacial score (nSPS) is 22.9. The van der Waals surface area contributed by atoms with Crippen LogP contribution in [-0.4, -0.2) is 31.8 Å². The Morgan fingerprint density at radius 2 is 1.77 bits per heavy atom. The minimum atomic E-state index is -0.810. The minimum absolute atomic E-state index is 0.00141. The first-order chi connectivity index (χ1) is 12.6. The van der Waals surface area contributed by atoms with Crippen LogP contribution in [0.3, 0.4) is 0 Å². The summed E-state index contributed by atoms with van der Waals surface area (Å²) in [5.41, 5.74) is 2.24. The van der Waals surface area contributed by atoms with E-state index in [9.17, 15) is 4.79 Å². The van der Waals surface area contributed by atoms with E-state index in [0.717, 1.165) is 22.6 Å². The largest absolute Gasteiger partial charge is 0.497 e. The van der Waals surface area contributed by atoms with Crippen molar-refractivity contribution < 1.29 is 14.3 Å². The fraction of sp³-hybridized carbons (Fsp3) is 0.318. The molecule has 0 radical (unpaired) electrons. The monoisotopic (exact) mass is 351 g/mol. The van der Waals surface area contributed by atoms with E-state index < -0.39 is 5.60 Å². The molecule has 0 aliphatic carbocycles. The topological polar surface area (TPSA) is 38.8 Å². The highest BCUT2D eigenvalue weighted by molar-refractivity contribution is 6.09. The summed E-state index contributed by atoms with van der Waals surface area (Å²) in [5.74, 6) is 0.766. The lowest BCUT2D eigenvalue weighted by molar-refractivity contribution is -0.156. The van der Waals surface area contributed by atoms with E-state index >= 15 is 0 Å². The van der Waals surface area contributed by atoms with Crippen LogP contribution in [0.25, 0.3) is 6.08 Å². The molecule has 26 heavy (non-hydrogen) atoms. The zero-order valence-electron chi connectivity index (χ0n) is 15.7. The van der Waals surface area contributed by atoms with Crippen LogP contribution in [0.2, 0.25) is 0 Å². The van der Waals surface area contributed by atoms with Gasteiger partial charge in [-0.25, -0.2) is 0 Å². The molecule has 1 saturated heterocycles. The van der Waals surface area contributed by atoms with Gasteiger partial charge in [-0.05, 0) is 48.7 Å². The summed E-state index contributed by atoms with van der Waals surface area (Å²) in [4.78, 5) is 14.8. The molecule has 2 aromatic carbocycles. The molecule has 4 heteroatoms. The van der Waals surface area contributed by atoms with Gasteiger partial charge in [-0.3, -0.25) is 9.69 Å². The average Bonchev–Trinajstić information content (AvgIpc) is 2.68. The highest BCUT2D eigenvalue weighted by Gasteiger charge is 2.61. The van der Waals surface area contributed by atoms with Gasteiger partial charge in [-0.15, -0.1) is 0 Å². The number of ether oxygens (including phenoxy) is 2. The van der Waals surface area contributed by atoms with Gasteiger partial charge in [0, 0.05) is 12.8 Å². The summed E-state index contributed by atoms with van der Waals surface area (Å²) >= 11 is 0. The number of carbonyl (C=O) groups is 1. The second-order valence-electron chi connectivity index (χ2n) is 6.52. The Labute approximate surface area is 155 Å². The fourth-order valence-electron chi connectivity index (χ4n) is 3.74. The summed E-state index contributed by atoms with van der Waals surface area (Å²) in [5, 5.41) is 0. The van der Waals surface area contributed by atoms with Gasteiger partial charge >= 0.3 is 0 Å². The predicted octanol–water partition coefficient (Wildman–Crippen LogP) is 4.31. The third-order valence-corrected chi connectivity index (χ3v) is 5.15. The van der Waals surface area contributed by atoms with Crippen LogP contribution in [0, 0.1) is 0 Å². The van der Waals surface area contributed by atoms with Gasteiger partial charge in [0.25, 0.3) is 5.91 Å². The third-order valence-electron chi connectivity index (χ3n) is 5.15. The number of carbonyl (C=O) groups excluding carboxylic acids is 1. The molecule has 0 spiro atoms. The molecule has 3 rings (SSSR count). The van der Waals surface area contributed by atoms with Crippen LogP contribution < -0.4 is 9.64 Å². The molecule has 2 aromatic rings. The van der Waals surface area contributed by atoms with Crippen molar-refractivity contribution in [1.29, 1.82) is 0 Å². The molecule has 2 atom stereocenters. The van der Waals surface area contributed by atoms with Crippen molar-refractivity contribution in [2.75, 3.05) is 19.1 Å². The van der Waals surface area contributed by atoms with Gasteiger partial charge in [-0.2, -0.15) is 0 Å². The van der Waals surface area contributed by atoms with Gasteiger partial charge < -0.3 is 9.47 Å². The van der Waals surface area contributed by atoms with Gasteiger partial charge in [0.15, 0.2) is 5.60 Å². The number of hydrogen-bond donors (Lipinski definition) is 0. The van der Waals surface area contributed by atoms with E-state index in [4.69, 9.17) is 9.47 Å². The van der Waals surface area contributed by atoms with Crippen molar-refractivity contribution in [3.63, 3.8) is 0 Å². The first-order valence-corrected chi connectivity index (χ1v) is 8.83. The summed E-state index contributed by atoms with van der Waals surface area (Å²) in [6, 6.07) is 17.6. The molecule has 4 nitrogen and oxygen atoms in total. The lowest BCUT2D eigenvalue weighted by atomic mass is 9.75. The maximum Gasteiger partial charge on any atom is 0.262 e. The van der Waals surface area contributed by atoms with Gasteiger partial charge in [-0.1, -0.05) is 43.3 Å². The number of β-lactam (4-membered cyclic amide) rings is 1. The van der Waals surface area contributed by atoms with E-state index in [0.29, 0.717) is 6.42 Å². The highest BCUT2D eigenvalue weighted by atomic mass is 16.5. The minimum Gasteiger partial charge on any atom is -0.497 e. The number of hydrogen-bond acceptors (Lipinski definition) is 3. The summed E-state index contributed by atoms with van der Waals surface area (Å²) in [6.07, 6.45) is 2.75. The average molecular weight is 351 g/mol. The van der Waals surface area contributed by atoms with Crippen LogP contribution in [0.5, 0.6) is 5.75 Å². The summed E-state index contributed by atoms with van der Waals surface area (Å²) < 4.78 is 11.0. The van der Waals surface area contributed by atoms with Crippen LogP contribution in [-0.2, 0) is 9.53 Å².